The third-order valence-corrected chi connectivity index (χ3v) is 8.79. The van der Waals surface area contributed by atoms with Crippen molar-refractivity contribution in [1.82, 2.24) is 24.2 Å². The maximum Gasteiger partial charge on any atom is 0.212 e. The molecule has 2 aromatic heterocycles. The van der Waals surface area contributed by atoms with Gasteiger partial charge in [-0.15, -0.1) is 0 Å². The molecule has 0 radical (unpaired) electrons. The number of anilines is 1. The Hall–Kier alpha value is -1.64. The van der Waals surface area contributed by atoms with Crippen LogP contribution in [0, 0.1) is 3.57 Å². The van der Waals surface area contributed by atoms with Crippen LogP contribution in [0.4, 0.5) is 5.82 Å². The van der Waals surface area contributed by atoms with Crippen molar-refractivity contribution >= 4 is 61.4 Å². The van der Waals surface area contributed by atoms with Gasteiger partial charge >= 0.3 is 0 Å². The van der Waals surface area contributed by atoms with E-state index in [9.17, 15) is 8.42 Å². The summed E-state index contributed by atoms with van der Waals surface area (Å²) in [7, 11) is -3.40. The minimum atomic E-state index is -3.40. The van der Waals surface area contributed by atoms with Crippen LogP contribution in [0.15, 0.2) is 28.5 Å². The molecule has 0 saturated heterocycles. The second-order valence-corrected chi connectivity index (χ2v) is 12.6. The number of fused-ring (bicyclic) bond motifs is 2. The average molecular weight is 588 g/mol. The number of nitrogens with one attached hydrogen (secondary N) is 1. The van der Waals surface area contributed by atoms with Gasteiger partial charge in [0, 0.05) is 27.0 Å². The van der Waals surface area contributed by atoms with E-state index in [4.69, 9.17) is 10.5 Å². The van der Waals surface area contributed by atoms with Crippen LogP contribution in [0.3, 0.4) is 0 Å². The molecule has 0 atom stereocenters. The van der Waals surface area contributed by atoms with Gasteiger partial charge in [0.15, 0.2) is 22.1 Å². The lowest BCUT2D eigenvalue weighted by molar-refractivity contribution is 0.356. The molecule has 0 bridgehead atoms. The SMILES string of the molecule is CC(C)(C)NS(=O)(=O)CCCn1c(Sc2cc3c(cc2I)CCO3)nc2c(N)ncnc21. The van der Waals surface area contributed by atoms with Crippen LogP contribution in [-0.2, 0) is 23.0 Å². The van der Waals surface area contributed by atoms with Crippen molar-refractivity contribution in [3.63, 3.8) is 0 Å². The van der Waals surface area contributed by atoms with Crippen LogP contribution in [-0.4, -0.2) is 45.8 Å². The van der Waals surface area contributed by atoms with E-state index in [-0.39, 0.29) is 5.75 Å². The number of hydrogen-bond acceptors (Lipinski definition) is 8. The molecule has 3 N–H and O–H groups in total. The molecule has 0 fully saturated rings. The van der Waals surface area contributed by atoms with E-state index < -0.39 is 15.6 Å². The second-order valence-electron chi connectivity index (χ2n) is 8.59. The van der Waals surface area contributed by atoms with Gasteiger partial charge < -0.3 is 15.0 Å². The first kappa shape index (κ1) is 23.5. The van der Waals surface area contributed by atoms with Crippen LogP contribution in [0.5, 0.6) is 5.75 Å². The quantitative estimate of drug-likeness (QED) is 0.404. The number of aryl methyl sites for hydroxylation is 1. The van der Waals surface area contributed by atoms with E-state index in [0.29, 0.717) is 41.7 Å². The number of halogens is 1. The number of hydrogen-bond donors (Lipinski definition) is 2. The van der Waals surface area contributed by atoms with Crippen molar-refractivity contribution in [2.45, 2.75) is 55.7 Å². The molecule has 9 nitrogen and oxygen atoms in total. The van der Waals surface area contributed by atoms with Crippen LogP contribution in [0.2, 0.25) is 0 Å². The lowest BCUT2D eigenvalue weighted by Crippen LogP contribution is -2.41. The lowest BCUT2D eigenvalue weighted by atomic mass is 10.1. The van der Waals surface area contributed by atoms with Crippen LogP contribution in [0.1, 0.15) is 32.8 Å². The fraction of sp³-hybridized carbons (Fsp3) is 0.450. The van der Waals surface area contributed by atoms with Gasteiger partial charge in [-0.05, 0) is 67.5 Å². The average Bonchev–Trinajstić information content (AvgIpc) is 3.25. The highest BCUT2D eigenvalue weighted by Crippen LogP contribution is 2.38. The number of nitrogens with two attached hydrogens (primary N) is 1. The summed E-state index contributed by atoms with van der Waals surface area (Å²) in [5, 5.41) is 0.684. The Morgan fingerprint density at radius 3 is 2.84 bits per heavy atom. The van der Waals surface area contributed by atoms with E-state index in [1.54, 1.807) is 0 Å². The zero-order chi connectivity index (χ0) is 23.1. The predicted molar refractivity (Wildman–Crippen MR) is 134 cm³/mol. The summed E-state index contributed by atoms with van der Waals surface area (Å²) in [6.45, 7) is 6.60. The summed E-state index contributed by atoms with van der Waals surface area (Å²) >= 11 is 3.80. The van der Waals surface area contributed by atoms with Crippen molar-refractivity contribution in [2.75, 3.05) is 18.1 Å². The van der Waals surface area contributed by atoms with Crippen molar-refractivity contribution in [1.29, 1.82) is 0 Å². The Balaban J connectivity index is 1.62. The lowest BCUT2D eigenvalue weighted by Gasteiger charge is -2.20. The summed E-state index contributed by atoms with van der Waals surface area (Å²) in [6.07, 6.45) is 2.71. The first-order valence-electron chi connectivity index (χ1n) is 10.1. The summed E-state index contributed by atoms with van der Waals surface area (Å²) in [6, 6.07) is 4.17. The van der Waals surface area contributed by atoms with Gasteiger partial charge in [0.25, 0.3) is 0 Å². The number of nitrogens with zero attached hydrogens (tertiary/aromatic N) is 4. The fourth-order valence-electron chi connectivity index (χ4n) is 3.50. The predicted octanol–water partition coefficient (Wildman–Crippen LogP) is 3.21. The topological polar surface area (TPSA) is 125 Å². The maximum absolute atomic E-state index is 12.4. The van der Waals surface area contributed by atoms with Gasteiger partial charge in [-0.25, -0.2) is 28.1 Å². The van der Waals surface area contributed by atoms with Crippen LogP contribution < -0.4 is 15.2 Å². The molecule has 0 aliphatic carbocycles. The molecule has 0 amide bonds. The van der Waals surface area contributed by atoms with Gasteiger partial charge in [-0.3, -0.25) is 0 Å². The monoisotopic (exact) mass is 588 g/mol. The molecule has 1 aromatic carbocycles. The number of nitrogen functional groups attached to an aromatic ring is 1. The van der Waals surface area contributed by atoms with Gasteiger partial charge in [0.05, 0.1) is 12.4 Å². The normalized spacial score (nSPS) is 14.0. The highest BCUT2D eigenvalue weighted by Gasteiger charge is 2.22. The smallest absolute Gasteiger partial charge is 0.212 e. The van der Waals surface area contributed by atoms with Crippen molar-refractivity contribution in [3.8, 4) is 5.75 Å². The number of imidazole rings is 1. The number of sulfonamides is 1. The van der Waals surface area contributed by atoms with Gasteiger partial charge in [-0.2, -0.15) is 0 Å². The zero-order valence-corrected chi connectivity index (χ0v) is 21.8. The molecule has 0 unspecified atom stereocenters. The molecule has 1 aliphatic rings. The molecule has 3 heterocycles. The molecule has 0 spiro atoms. The molecular weight excluding hydrogens is 563 g/mol. The summed E-state index contributed by atoms with van der Waals surface area (Å²) in [5.41, 5.74) is 7.83. The number of ether oxygens (including phenoxy) is 1. The van der Waals surface area contributed by atoms with E-state index in [2.05, 4.69) is 48.3 Å². The van der Waals surface area contributed by atoms with Gasteiger partial charge in [0.2, 0.25) is 10.0 Å². The van der Waals surface area contributed by atoms with Crippen molar-refractivity contribution in [2.24, 2.45) is 0 Å². The Kier molecular flexibility index (Phi) is 6.58. The summed E-state index contributed by atoms with van der Waals surface area (Å²) in [4.78, 5) is 14.1. The minimum Gasteiger partial charge on any atom is -0.493 e. The number of rotatable bonds is 7. The Morgan fingerprint density at radius 1 is 1.31 bits per heavy atom. The third kappa shape index (κ3) is 5.29. The Bertz CT molecular complexity index is 1270. The standard InChI is InChI=1S/C20H25IN6O3S2/c1-20(2,3)26-32(28,29)8-4-6-27-18-16(17(22)23-11-24-18)25-19(27)31-15-10-14-12(5-7-30-14)9-13(15)21/h9-11,26H,4-8H2,1-3H3,(H2,22,23,24). The van der Waals surface area contributed by atoms with Gasteiger partial charge in [-0.1, -0.05) is 11.8 Å². The first-order valence-corrected chi connectivity index (χ1v) is 13.7. The van der Waals surface area contributed by atoms with E-state index in [0.717, 1.165) is 20.6 Å². The summed E-state index contributed by atoms with van der Waals surface area (Å²) < 4.78 is 36.3. The fourth-order valence-corrected chi connectivity index (χ4v) is 6.85. The van der Waals surface area contributed by atoms with Crippen molar-refractivity contribution in [3.05, 3.63) is 27.6 Å². The maximum atomic E-state index is 12.4. The largest absolute Gasteiger partial charge is 0.493 e. The molecule has 172 valence electrons. The highest BCUT2D eigenvalue weighted by molar-refractivity contribution is 14.1. The number of benzene rings is 1. The van der Waals surface area contributed by atoms with Crippen LogP contribution >= 0.6 is 34.4 Å². The van der Waals surface area contributed by atoms with E-state index in [1.807, 2.05) is 31.4 Å². The minimum absolute atomic E-state index is 0.00116. The first-order chi connectivity index (χ1) is 15.0. The third-order valence-electron chi connectivity index (χ3n) is 4.73. The Morgan fingerprint density at radius 2 is 2.09 bits per heavy atom. The highest BCUT2D eigenvalue weighted by atomic mass is 127. The van der Waals surface area contributed by atoms with E-state index >= 15 is 0 Å². The molecule has 32 heavy (non-hydrogen) atoms. The summed E-state index contributed by atoms with van der Waals surface area (Å²) in [5.74, 6) is 1.19. The Labute approximate surface area is 205 Å². The zero-order valence-electron chi connectivity index (χ0n) is 18.1. The van der Waals surface area contributed by atoms with Crippen LogP contribution in [0.25, 0.3) is 11.2 Å². The molecular formula is C20H25IN6O3S2. The van der Waals surface area contributed by atoms with Crippen molar-refractivity contribution < 1.29 is 13.2 Å². The van der Waals surface area contributed by atoms with Gasteiger partial charge in [0.1, 0.15) is 12.1 Å². The molecule has 0 saturated carbocycles. The number of aromatic nitrogens is 4. The molecule has 3 aromatic rings. The second kappa shape index (κ2) is 8.95. The molecule has 12 heteroatoms. The molecule has 4 rings (SSSR count). The molecule has 1 aliphatic heterocycles. The van der Waals surface area contributed by atoms with E-state index in [1.165, 1.54) is 23.7 Å².